The van der Waals surface area contributed by atoms with Gasteiger partial charge in [0.2, 0.25) is 5.88 Å². The van der Waals surface area contributed by atoms with E-state index in [-0.39, 0.29) is 11.4 Å². The molecule has 1 aromatic heterocycles. The molecule has 0 fully saturated rings. The Morgan fingerprint density at radius 1 is 1.60 bits per heavy atom. The van der Waals surface area contributed by atoms with Gasteiger partial charge in [-0.25, -0.2) is 0 Å². The van der Waals surface area contributed by atoms with Crippen molar-refractivity contribution in [3.63, 3.8) is 0 Å². The molecule has 0 saturated heterocycles. The minimum atomic E-state index is -0.466. The van der Waals surface area contributed by atoms with Gasteiger partial charge in [-0.2, -0.15) is 5.26 Å². The first kappa shape index (κ1) is 14.5. The average molecular weight is 381 g/mol. The molecule has 2 rings (SSSR count). The van der Waals surface area contributed by atoms with Gasteiger partial charge in [0.15, 0.2) is 0 Å². The van der Waals surface area contributed by atoms with E-state index in [1.807, 2.05) is 12.1 Å². The standard InChI is InChI=1S/C14H12IN3O2/c1-3-18-13(19)11(5-10-4-9(15)7-17-10)8(2)12(6-16)14(18)20/h4-5,7,19H,3H2,1-2H3/b10-5+. The van der Waals surface area contributed by atoms with Crippen LogP contribution in [0.3, 0.4) is 0 Å². The molecule has 2 heterocycles. The van der Waals surface area contributed by atoms with Crippen LogP contribution in [0.15, 0.2) is 25.1 Å². The minimum absolute atomic E-state index is 0.0529. The second-order valence-corrected chi connectivity index (χ2v) is 5.50. The van der Waals surface area contributed by atoms with Gasteiger partial charge in [-0.3, -0.25) is 14.4 Å². The summed E-state index contributed by atoms with van der Waals surface area (Å²) < 4.78 is 2.17. The Kier molecular flexibility index (Phi) is 4.09. The molecule has 0 saturated carbocycles. The van der Waals surface area contributed by atoms with Gasteiger partial charge in [-0.15, -0.1) is 0 Å². The Hall–Kier alpha value is -1.88. The number of allylic oxidation sites excluding steroid dienone is 2. The maximum atomic E-state index is 12.0. The van der Waals surface area contributed by atoms with Gasteiger partial charge in [0.05, 0.1) is 5.70 Å². The summed E-state index contributed by atoms with van der Waals surface area (Å²) in [6, 6.07) is 1.91. The van der Waals surface area contributed by atoms with Gasteiger partial charge in [-0.1, -0.05) is 0 Å². The van der Waals surface area contributed by atoms with Crippen molar-refractivity contribution in [1.29, 1.82) is 5.26 Å². The molecule has 1 aromatic rings. The normalized spacial score (nSPS) is 15.5. The van der Waals surface area contributed by atoms with Crippen LogP contribution in [0, 0.1) is 18.3 Å². The lowest BCUT2D eigenvalue weighted by atomic mass is 10.0. The zero-order chi connectivity index (χ0) is 14.9. The summed E-state index contributed by atoms with van der Waals surface area (Å²) in [5.41, 5.74) is 1.19. The number of aliphatic imine (C=N–C) groups is 1. The highest BCUT2D eigenvalue weighted by Crippen LogP contribution is 2.27. The van der Waals surface area contributed by atoms with Crippen LogP contribution in [0.25, 0.3) is 6.08 Å². The molecule has 0 radical (unpaired) electrons. The topological polar surface area (TPSA) is 78.4 Å². The maximum absolute atomic E-state index is 12.0. The molecule has 5 nitrogen and oxygen atoms in total. The van der Waals surface area contributed by atoms with Gasteiger partial charge in [-0.05, 0) is 54.2 Å². The molecular formula is C14H12IN3O2. The van der Waals surface area contributed by atoms with Crippen molar-refractivity contribution in [3.05, 3.63) is 42.4 Å². The summed E-state index contributed by atoms with van der Waals surface area (Å²) in [5, 5.41) is 19.4. The number of aromatic nitrogens is 1. The van der Waals surface area contributed by atoms with Crippen molar-refractivity contribution in [2.75, 3.05) is 0 Å². The third-order valence-electron chi connectivity index (χ3n) is 3.08. The Morgan fingerprint density at radius 3 is 2.80 bits per heavy atom. The van der Waals surface area contributed by atoms with E-state index in [1.54, 1.807) is 26.1 Å². The van der Waals surface area contributed by atoms with Crippen molar-refractivity contribution in [2.24, 2.45) is 4.99 Å². The quantitative estimate of drug-likeness (QED) is 0.800. The molecular weight excluding hydrogens is 369 g/mol. The number of hydrogen-bond donors (Lipinski definition) is 1. The summed E-state index contributed by atoms with van der Waals surface area (Å²) in [7, 11) is 0. The second-order valence-electron chi connectivity index (χ2n) is 4.26. The van der Waals surface area contributed by atoms with Crippen LogP contribution in [0.1, 0.15) is 23.6 Å². The molecule has 0 aliphatic carbocycles. The fourth-order valence-electron chi connectivity index (χ4n) is 2.02. The van der Waals surface area contributed by atoms with Crippen LogP contribution in [0.5, 0.6) is 5.88 Å². The first-order valence-electron chi connectivity index (χ1n) is 5.99. The van der Waals surface area contributed by atoms with E-state index >= 15 is 0 Å². The largest absolute Gasteiger partial charge is 0.494 e. The highest BCUT2D eigenvalue weighted by atomic mass is 127. The van der Waals surface area contributed by atoms with Crippen LogP contribution in [-0.4, -0.2) is 15.9 Å². The highest BCUT2D eigenvalue weighted by molar-refractivity contribution is 14.1. The summed E-state index contributed by atoms with van der Waals surface area (Å²) in [6.45, 7) is 3.69. The Labute approximate surface area is 129 Å². The molecule has 0 atom stereocenters. The van der Waals surface area contributed by atoms with Crippen LogP contribution < -0.4 is 5.56 Å². The summed E-state index contributed by atoms with van der Waals surface area (Å²) in [5.74, 6) is -0.132. The van der Waals surface area contributed by atoms with E-state index in [0.29, 0.717) is 23.4 Å². The molecule has 102 valence electrons. The van der Waals surface area contributed by atoms with Gasteiger partial charge in [0, 0.05) is 21.9 Å². The molecule has 0 unspecified atom stereocenters. The van der Waals surface area contributed by atoms with Crippen molar-refractivity contribution >= 4 is 34.9 Å². The molecule has 0 aromatic carbocycles. The van der Waals surface area contributed by atoms with Crippen LogP contribution in [0.2, 0.25) is 0 Å². The molecule has 1 N–H and O–H groups in total. The van der Waals surface area contributed by atoms with Crippen LogP contribution >= 0.6 is 22.6 Å². The molecule has 6 heteroatoms. The van der Waals surface area contributed by atoms with E-state index in [0.717, 1.165) is 3.58 Å². The zero-order valence-corrected chi connectivity index (χ0v) is 13.2. The predicted molar refractivity (Wildman–Crippen MR) is 86.1 cm³/mol. The van der Waals surface area contributed by atoms with Crippen LogP contribution in [-0.2, 0) is 6.54 Å². The van der Waals surface area contributed by atoms with E-state index in [1.165, 1.54) is 4.57 Å². The predicted octanol–water partition coefficient (Wildman–Crippen LogP) is 2.50. The van der Waals surface area contributed by atoms with Crippen molar-refractivity contribution < 1.29 is 5.11 Å². The van der Waals surface area contributed by atoms with Crippen molar-refractivity contribution in [1.82, 2.24) is 4.57 Å². The maximum Gasteiger partial charge on any atom is 0.271 e. The Morgan fingerprint density at radius 2 is 2.30 bits per heavy atom. The lowest BCUT2D eigenvalue weighted by Gasteiger charge is -2.12. The van der Waals surface area contributed by atoms with Crippen molar-refractivity contribution in [2.45, 2.75) is 20.4 Å². The number of halogens is 1. The van der Waals surface area contributed by atoms with E-state index < -0.39 is 5.56 Å². The number of aromatic hydroxyl groups is 1. The average Bonchev–Trinajstić information content (AvgIpc) is 2.81. The Bertz CT molecular complexity index is 764. The van der Waals surface area contributed by atoms with Gasteiger partial charge in [0.1, 0.15) is 11.6 Å². The summed E-state index contributed by atoms with van der Waals surface area (Å²) in [6.07, 6.45) is 5.24. The first-order valence-corrected chi connectivity index (χ1v) is 7.06. The van der Waals surface area contributed by atoms with E-state index in [4.69, 9.17) is 5.26 Å². The zero-order valence-electron chi connectivity index (χ0n) is 11.0. The fourth-order valence-corrected chi connectivity index (χ4v) is 2.47. The lowest BCUT2D eigenvalue weighted by Crippen LogP contribution is -2.24. The van der Waals surface area contributed by atoms with E-state index in [9.17, 15) is 9.90 Å². The second kappa shape index (κ2) is 5.63. The third-order valence-corrected chi connectivity index (χ3v) is 3.67. The van der Waals surface area contributed by atoms with Gasteiger partial charge >= 0.3 is 0 Å². The smallest absolute Gasteiger partial charge is 0.271 e. The number of nitrogens with zero attached hydrogens (tertiary/aromatic N) is 3. The van der Waals surface area contributed by atoms with Crippen molar-refractivity contribution in [3.8, 4) is 11.9 Å². The monoisotopic (exact) mass is 381 g/mol. The SMILES string of the molecule is CCn1c(O)c(/C=C2\C=C(I)C=N2)c(C)c(C#N)c1=O. The third kappa shape index (κ3) is 2.41. The lowest BCUT2D eigenvalue weighted by molar-refractivity contribution is 0.409. The summed E-state index contributed by atoms with van der Waals surface area (Å²) in [4.78, 5) is 16.2. The molecule has 20 heavy (non-hydrogen) atoms. The molecule has 1 aliphatic rings. The number of rotatable bonds is 2. The first-order chi connectivity index (χ1) is 9.49. The molecule has 0 bridgehead atoms. The molecule has 0 spiro atoms. The fraction of sp³-hybridized carbons (Fsp3) is 0.214. The Balaban J connectivity index is 2.75. The van der Waals surface area contributed by atoms with Crippen LogP contribution in [0.4, 0.5) is 0 Å². The molecule has 0 amide bonds. The summed E-state index contributed by atoms with van der Waals surface area (Å²) >= 11 is 2.14. The number of nitriles is 1. The number of pyridine rings is 1. The highest BCUT2D eigenvalue weighted by Gasteiger charge is 2.17. The van der Waals surface area contributed by atoms with E-state index in [2.05, 4.69) is 27.6 Å². The minimum Gasteiger partial charge on any atom is -0.494 e. The number of hydrogen-bond acceptors (Lipinski definition) is 4. The molecule has 1 aliphatic heterocycles. The van der Waals surface area contributed by atoms with Gasteiger partial charge in [0.25, 0.3) is 5.56 Å². The van der Waals surface area contributed by atoms with Gasteiger partial charge < -0.3 is 5.11 Å².